The van der Waals surface area contributed by atoms with Gasteiger partial charge in [0.25, 0.3) is 5.91 Å². The zero-order valence-electron chi connectivity index (χ0n) is 15.0. The molecule has 150 valence electrons. The summed E-state index contributed by atoms with van der Waals surface area (Å²) in [5.41, 5.74) is 0.0425. The van der Waals surface area contributed by atoms with Crippen LogP contribution in [0.4, 0.5) is 13.2 Å². The van der Waals surface area contributed by atoms with Crippen molar-refractivity contribution in [3.8, 4) is 0 Å². The van der Waals surface area contributed by atoms with E-state index in [9.17, 15) is 26.4 Å². The number of amides is 1. The number of hydrogen-bond acceptors (Lipinski definition) is 3. The van der Waals surface area contributed by atoms with Crippen molar-refractivity contribution < 1.29 is 26.4 Å². The Morgan fingerprint density at radius 2 is 1.68 bits per heavy atom. The van der Waals surface area contributed by atoms with Gasteiger partial charge in [0.1, 0.15) is 0 Å². The Labute approximate surface area is 161 Å². The summed E-state index contributed by atoms with van der Waals surface area (Å²) in [6.07, 6.45) is -3.01. The first-order valence-electron chi connectivity index (χ1n) is 8.17. The molecule has 0 aliphatic heterocycles. The van der Waals surface area contributed by atoms with E-state index < -0.39 is 21.8 Å². The number of hydrogen-bond donors (Lipinski definition) is 1. The average molecular weight is 412 g/mol. The van der Waals surface area contributed by atoms with Crippen molar-refractivity contribution in [2.24, 2.45) is 0 Å². The van der Waals surface area contributed by atoms with Crippen LogP contribution in [-0.4, -0.2) is 32.8 Å². The molecule has 28 heavy (non-hydrogen) atoms. The van der Waals surface area contributed by atoms with Crippen LogP contribution in [0.25, 0.3) is 0 Å². The van der Waals surface area contributed by atoms with E-state index in [0.717, 1.165) is 12.1 Å². The van der Waals surface area contributed by atoms with Crippen molar-refractivity contribution in [1.29, 1.82) is 0 Å². The quantitative estimate of drug-likeness (QED) is 0.709. The molecule has 9 heteroatoms. The Bertz CT molecular complexity index is 938. The number of nitrogens with one attached hydrogen (secondary N) is 1. The molecule has 0 atom stereocenters. The summed E-state index contributed by atoms with van der Waals surface area (Å²) in [4.78, 5) is 13.8. The van der Waals surface area contributed by atoms with Crippen molar-refractivity contribution in [3.05, 3.63) is 77.9 Å². The van der Waals surface area contributed by atoms with Crippen LogP contribution < -0.4 is 4.72 Å². The second kappa shape index (κ2) is 8.57. The lowest BCUT2D eigenvalue weighted by Gasteiger charge is -2.18. The lowest BCUT2D eigenvalue weighted by molar-refractivity contribution is -0.137. The average Bonchev–Trinajstić information content (AvgIpc) is 2.65. The van der Waals surface area contributed by atoms with E-state index in [1.807, 2.05) is 0 Å². The minimum atomic E-state index is -4.41. The Morgan fingerprint density at radius 3 is 2.18 bits per heavy atom. The molecule has 2 aromatic carbocycles. The predicted octanol–water partition coefficient (Wildman–Crippen LogP) is 3.44. The van der Waals surface area contributed by atoms with E-state index in [4.69, 9.17) is 0 Å². The van der Waals surface area contributed by atoms with Gasteiger partial charge in [-0.1, -0.05) is 18.2 Å². The fourth-order valence-electron chi connectivity index (χ4n) is 2.39. The molecule has 0 aromatic heterocycles. The molecule has 0 fully saturated rings. The van der Waals surface area contributed by atoms with Crippen LogP contribution in [0.15, 0.2) is 66.1 Å². The standard InChI is InChI=1S/C19H19F3N2O3S/c1-3-12-23-28(26,27)17-10-6-15(7-11-17)18(25)24(2)13-14-4-8-16(9-5-14)19(20,21)22/h3-11,23H,1,12-13H2,2H3. The number of alkyl halides is 3. The van der Waals surface area contributed by atoms with E-state index in [1.165, 1.54) is 54.4 Å². The fourth-order valence-corrected chi connectivity index (χ4v) is 3.39. The van der Waals surface area contributed by atoms with Gasteiger partial charge in [0, 0.05) is 25.7 Å². The summed E-state index contributed by atoms with van der Waals surface area (Å²) in [7, 11) is -2.18. The molecule has 1 amide bonds. The van der Waals surface area contributed by atoms with Crippen molar-refractivity contribution in [1.82, 2.24) is 9.62 Å². The van der Waals surface area contributed by atoms with Gasteiger partial charge in [-0.3, -0.25) is 4.79 Å². The highest BCUT2D eigenvalue weighted by molar-refractivity contribution is 7.89. The second-order valence-electron chi connectivity index (χ2n) is 6.02. The molecule has 0 spiro atoms. The van der Waals surface area contributed by atoms with Gasteiger partial charge in [0.15, 0.2) is 0 Å². The second-order valence-corrected chi connectivity index (χ2v) is 7.79. The first kappa shape index (κ1) is 21.6. The molecular formula is C19H19F3N2O3S. The molecule has 0 aliphatic rings. The van der Waals surface area contributed by atoms with Crippen LogP contribution in [-0.2, 0) is 22.7 Å². The number of benzene rings is 2. The van der Waals surface area contributed by atoms with Crippen LogP contribution in [0.3, 0.4) is 0 Å². The van der Waals surface area contributed by atoms with Gasteiger partial charge < -0.3 is 4.90 Å². The molecule has 0 unspecified atom stereocenters. The van der Waals surface area contributed by atoms with Crippen molar-refractivity contribution in [2.75, 3.05) is 13.6 Å². The van der Waals surface area contributed by atoms with Crippen LogP contribution in [0, 0.1) is 0 Å². The maximum Gasteiger partial charge on any atom is 0.416 e. The number of carbonyl (C=O) groups excluding carboxylic acids is 1. The van der Waals surface area contributed by atoms with Crippen molar-refractivity contribution in [2.45, 2.75) is 17.6 Å². The molecule has 0 heterocycles. The van der Waals surface area contributed by atoms with Crippen LogP contribution >= 0.6 is 0 Å². The highest BCUT2D eigenvalue weighted by Gasteiger charge is 2.30. The Morgan fingerprint density at radius 1 is 1.11 bits per heavy atom. The van der Waals surface area contributed by atoms with Gasteiger partial charge in [0.05, 0.1) is 10.5 Å². The number of carbonyl (C=O) groups is 1. The lowest BCUT2D eigenvalue weighted by Crippen LogP contribution is -2.26. The molecule has 0 radical (unpaired) electrons. The van der Waals surface area contributed by atoms with Gasteiger partial charge in [-0.25, -0.2) is 13.1 Å². The molecule has 1 N–H and O–H groups in total. The summed E-state index contributed by atoms with van der Waals surface area (Å²) in [6.45, 7) is 3.62. The Hall–Kier alpha value is -2.65. The molecule has 0 saturated heterocycles. The SMILES string of the molecule is C=CCNS(=O)(=O)c1ccc(C(=O)N(C)Cc2ccc(C(F)(F)F)cc2)cc1. The van der Waals surface area contributed by atoms with Gasteiger partial charge in [-0.05, 0) is 42.0 Å². The topological polar surface area (TPSA) is 66.5 Å². The highest BCUT2D eigenvalue weighted by atomic mass is 32.2. The summed E-state index contributed by atoms with van der Waals surface area (Å²) < 4.78 is 64.1. The number of sulfonamides is 1. The maximum atomic E-state index is 12.6. The number of nitrogens with zero attached hydrogens (tertiary/aromatic N) is 1. The van der Waals surface area contributed by atoms with E-state index in [1.54, 1.807) is 0 Å². The summed E-state index contributed by atoms with van der Waals surface area (Å²) in [5, 5.41) is 0. The third-order valence-electron chi connectivity index (χ3n) is 3.88. The fraction of sp³-hybridized carbons (Fsp3) is 0.211. The van der Waals surface area contributed by atoms with Gasteiger partial charge in [-0.2, -0.15) is 13.2 Å². The highest BCUT2D eigenvalue weighted by Crippen LogP contribution is 2.29. The Balaban J connectivity index is 2.08. The molecule has 2 aromatic rings. The molecule has 0 bridgehead atoms. The smallest absolute Gasteiger partial charge is 0.337 e. The van der Waals surface area contributed by atoms with Gasteiger partial charge in [-0.15, -0.1) is 6.58 Å². The third kappa shape index (κ3) is 5.43. The summed E-state index contributed by atoms with van der Waals surface area (Å²) >= 11 is 0. The lowest BCUT2D eigenvalue weighted by atomic mass is 10.1. The van der Waals surface area contributed by atoms with Crippen molar-refractivity contribution in [3.63, 3.8) is 0 Å². The van der Waals surface area contributed by atoms with Crippen LogP contribution in [0.5, 0.6) is 0 Å². The van der Waals surface area contributed by atoms with E-state index in [2.05, 4.69) is 11.3 Å². The van der Waals surface area contributed by atoms with E-state index in [-0.39, 0.29) is 29.5 Å². The van der Waals surface area contributed by atoms with E-state index >= 15 is 0 Å². The largest absolute Gasteiger partial charge is 0.416 e. The molecule has 0 saturated carbocycles. The molecule has 0 aliphatic carbocycles. The monoisotopic (exact) mass is 412 g/mol. The Kier molecular flexibility index (Phi) is 6.63. The zero-order chi connectivity index (χ0) is 20.9. The van der Waals surface area contributed by atoms with Crippen LogP contribution in [0.1, 0.15) is 21.5 Å². The van der Waals surface area contributed by atoms with Gasteiger partial charge in [0.2, 0.25) is 10.0 Å². The third-order valence-corrected chi connectivity index (χ3v) is 5.32. The number of halogens is 3. The molecule has 5 nitrogen and oxygen atoms in total. The first-order valence-corrected chi connectivity index (χ1v) is 9.65. The normalized spacial score (nSPS) is 11.9. The first-order chi connectivity index (χ1) is 13.0. The molecular weight excluding hydrogens is 393 g/mol. The van der Waals surface area contributed by atoms with E-state index in [0.29, 0.717) is 5.56 Å². The number of rotatable bonds is 7. The van der Waals surface area contributed by atoms with Crippen LogP contribution in [0.2, 0.25) is 0 Å². The minimum Gasteiger partial charge on any atom is -0.337 e. The molecule has 2 rings (SSSR count). The summed E-state index contributed by atoms with van der Waals surface area (Å²) in [6, 6.07) is 9.94. The minimum absolute atomic E-state index is 0.0105. The summed E-state index contributed by atoms with van der Waals surface area (Å²) in [5.74, 6) is -0.386. The van der Waals surface area contributed by atoms with Gasteiger partial charge >= 0.3 is 6.18 Å². The van der Waals surface area contributed by atoms with Crippen molar-refractivity contribution >= 4 is 15.9 Å². The zero-order valence-corrected chi connectivity index (χ0v) is 15.8. The maximum absolute atomic E-state index is 12.6. The predicted molar refractivity (Wildman–Crippen MR) is 99.1 cm³/mol.